The van der Waals surface area contributed by atoms with Gasteiger partial charge in [0.1, 0.15) is 0 Å². The fraction of sp³-hybridized carbons (Fsp3) is 0.167. The molecule has 26 heavy (non-hydrogen) atoms. The lowest BCUT2D eigenvalue weighted by Crippen LogP contribution is -2.11. The predicted octanol–water partition coefficient (Wildman–Crippen LogP) is 7.71. The first-order valence-electron chi connectivity index (χ1n) is 9.12. The lowest BCUT2D eigenvalue weighted by atomic mass is 9.99. The van der Waals surface area contributed by atoms with Gasteiger partial charge >= 0.3 is 0 Å². The number of fused-ring (bicyclic) bond motifs is 4. The zero-order chi connectivity index (χ0) is 17.5. The SMILES string of the molecule is CC1CC(Sc2ccc3ccccc3c2)c2c(ccc3ccccc23)S1. The van der Waals surface area contributed by atoms with Gasteiger partial charge in [0.2, 0.25) is 0 Å². The zero-order valence-corrected chi connectivity index (χ0v) is 16.3. The first-order chi connectivity index (χ1) is 12.8. The van der Waals surface area contributed by atoms with Crippen LogP contribution >= 0.6 is 23.5 Å². The number of rotatable bonds is 2. The van der Waals surface area contributed by atoms with E-state index in [4.69, 9.17) is 0 Å². The third-order valence-electron chi connectivity index (χ3n) is 5.13. The molecular formula is C24H20S2. The second-order valence-corrected chi connectivity index (χ2v) is 9.73. The fourth-order valence-electron chi connectivity index (χ4n) is 3.91. The second kappa shape index (κ2) is 6.68. The molecule has 2 atom stereocenters. The molecule has 0 N–H and O–H groups in total. The normalized spacial score (nSPS) is 19.6. The van der Waals surface area contributed by atoms with Gasteiger partial charge in [-0.3, -0.25) is 0 Å². The number of hydrogen-bond acceptors (Lipinski definition) is 2. The Balaban J connectivity index is 1.60. The van der Waals surface area contributed by atoms with Crippen LogP contribution in [-0.4, -0.2) is 5.25 Å². The maximum absolute atomic E-state index is 2.36. The van der Waals surface area contributed by atoms with Crippen molar-refractivity contribution in [1.29, 1.82) is 0 Å². The molecule has 0 amide bonds. The summed E-state index contributed by atoms with van der Waals surface area (Å²) < 4.78 is 0. The van der Waals surface area contributed by atoms with Gasteiger partial charge in [-0.05, 0) is 51.7 Å². The van der Waals surface area contributed by atoms with Gasteiger partial charge in [0, 0.05) is 20.3 Å². The standard InChI is InChI=1S/C24H20S2/c1-16-14-23(26-20-12-10-17-6-2-3-8-19(17)15-20)24-21-9-5-4-7-18(21)11-13-22(24)25-16/h2-13,15-16,23H,14H2,1H3. The molecule has 1 aliphatic rings. The smallest absolute Gasteiger partial charge is 0.0372 e. The maximum Gasteiger partial charge on any atom is 0.0372 e. The van der Waals surface area contributed by atoms with Gasteiger partial charge in [0.05, 0.1) is 0 Å². The van der Waals surface area contributed by atoms with Gasteiger partial charge in [0.15, 0.2) is 0 Å². The minimum Gasteiger partial charge on any atom is -0.123 e. The molecule has 2 unspecified atom stereocenters. The summed E-state index contributed by atoms with van der Waals surface area (Å²) in [5.41, 5.74) is 1.53. The number of thioether (sulfide) groups is 2. The average Bonchev–Trinajstić information content (AvgIpc) is 2.67. The molecule has 128 valence electrons. The summed E-state index contributed by atoms with van der Waals surface area (Å²) in [5.74, 6) is 0. The summed E-state index contributed by atoms with van der Waals surface area (Å²) in [7, 11) is 0. The van der Waals surface area contributed by atoms with E-state index in [0.29, 0.717) is 10.5 Å². The van der Waals surface area contributed by atoms with Crippen molar-refractivity contribution in [3.8, 4) is 0 Å². The van der Waals surface area contributed by atoms with Crippen molar-refractivity contribution < 1.29 is 0 Å². The Morgan fingerprint density at radius 2 is 1.54 bits per heavy atom. The second-order valence-electron chi connectivity index (χ2n) is 6.98. The molecule has 0 radical (unpaired) electrons. The summed E-state index contributed by atoms with van der Waals surface area (Å²) in [6.45, 7) is 2.36. The maximum atomic E-state index is 2.36. The average molecular weight is 373 g/mol. The zero-order valence-electron chi connectivity index (χ0n) is 14.7. The van der Waals surface area contributed by atoms with Crippen LogP contribution in [0.1, 0.15) is 24.2 Å². The van der Waals surface area contributed by atoms with Crippen molar-refractivity contribution in [3.63, 3.8) is 0 Å². The quantitative estimate of drug-likeness (QED) is 0.353. The number of benzene rings is 4. The van der Waals surface area contributed by atoms with E-state index >= 15 is 0 Å². The van der Waals surface area contributed by atoms with Crippen LogP contribution in [0.3, 0.4) is 0 Å². The highest BCUT2D eigenvalue weighted by Gasteiger charge is 2.27. The first kappa shape index (κ1) is 16.3. The Hall–Kier alpha value is -1.90. The van der Waals surface area contributed by atoms with E-state index in [1.54, 1.807) is 0 Å². The van der Waals surface area contributed by atoms with Crippen molar-refractivity contribution >= 4 is 45.1 Å². The van der Waals surface area contributed by atoms with Crippen molar-refractivity contribution in [2.75, 3.05) is 0 Å². The highest BCUT2D eigenvalue weighted by molar-refractivity contribution is 8.01. The fourth-order valence-corrected chi connectivity index (χ4v) is 6.78. The summed E-state index contributed by atoms with van der Waals surface area (Å²) in [5, 5.41) is 6.58. The summed E-state index contributed by atoms with van der Waals surface area (Å²) >= 11 is 4.06. The Labute approximate surface area is 163 Å². The summed E-state index contributed by atoms with van der Waals surface area (Å²) in [4.78, 5) is 2.83. The molecule has 0 aliphatic carbocycles. The molecule has 0 fully saturated rings. The largest absolute Gasteiger partial charge is 0.123 e. The molecule has 1 aliphatic heterocycles. The molecule has 4 aromatic carbocycles. The lowest BCUT2D eigenvalue weighted by Gasteiger charge is -2.30. The number of hydrogen-bond donors (Lipinski definition) is 0. The van der Waals surface area contributed by atoms with Gasteiger partial charge in [-0.2, -0.15) is 0 Å². The van der Waals surface area contributed by atoms with E-state index in [0.717, 1.165) is 0 Å². The van der Waals surface area contributed by atoms with Crippen molar-refractivity contribution in [3.05, 3.63) is 84.4 Å². The molecule has 0 saturated heterocycles. The predicted molar refractivity (Wildman–Crippen MR) is 116 cm³/mol. The minimum absolute atomic E-state index is 0.508. The van der Waals surface area contributed by atoms with Gasteiger partial charge in [0.25, 0.3) is 0 Å². The van der Waals surface area contributed by atoms with Gasteiger partial charge in [-0.1, -0.05) is 67.6 Å². The van der Waals surface area contributed by atoms with E-state index in [-0.39, 0.29) is 0 Å². The molecule has 0 saturated carbocycles. The van der Waals surface area contributed by atoms with E-state index in [2.05, 4.69) is 85.8 Å². The Bertz CT molecular complexity index is 1100. The van der Waals surface area contributed by atoms with Crippen LogP contribution in [0.15, 0.2) is 88.7 Å². The Morgan fingerprint density at radius 1 is 0.808 bits per heavy atom. The van der Waals surface area contributed by atoms with Crippen LogP contribution in [0, 0.1) is 0 Å². The molecule has 2 heteroatoms. The van der Waals surface area contributed by atoms with Crippen molar-refractivity contribution in [2.45, 2.75) is 33.6 Å². The minimum atomic E-state index is 0.508. The summed E-state index contributed by atoms with van der Waals surface area (Å²) in [6.07, 6.45) is 1.21. The van der Waals surface area contributed by atoms with Gasteiger partial charge < -0.3 is 0 Å². The monoisotopic (exact) mass is 372 g/mol. The Morgan fingerprint density at radius 3 is 2.42 bits per heavy atom. The first-order valence-corrected chi connectivity index (χ1v) is 10.9. The van der Waals surface area contributed by atoms with E-state index in [9.17, 15) is 0 Å². The van der Waals surface area contributed by atoms with Crippen LogP contribution in [-0.2, 0) is 0 Å². The molecule has 0 bridgehead atoms. The topological polar surface area (TPSA) is 0 Å². The lowest BCUT2D eigenvalue weighted by molar-refractivity contribution is 0.769. The molecule has 1 heterocycles. The third-order valence-corrected chi connectivity index (χ3v) is 7.57. The van der Waals surface area contributed by atoms with Gasteiger partial charge in [-0.25, -0.2) is 0 Å². The van der Waals surface area contributed by atoms with E-state index in [1.807, 2.05) is 23.5 Å². The Kier molecular flexibility index (Phi) is 4.18. The highest BCUT2D eigenvalue weighted by atomic mass is 32.2. The van der Waals surface area contributed by atoms with E-state index in [1.165, 1.54) is 43.3 Å². The van der Waals surface area contributed by atoms with Crippen LogP contribution in [0.25, 0.3) is 21.5 Å². The molecule has 0 spiro atoms. The molecule has 4 aromatic rings. The summed E-state index contributed by atoms with van der Waals surface area (Å²) in [6, 6.07) is 28.9. The third kappa shape index (κ3) is 2.91. The molecule has 5 rings (SSSR count). The van der Waals surface area contributed by atoms with E-state index < -0.39 is 0 Å². The highest BCUT2D eigenvalue weighted by Crippen LogP contribution is 2.51. The van der Waals surface area contributed by atoms with Gasteiger partial charge in [-0.15, -0.1) is 23.5 Å². The van der Waals surface area contributed by atoms with Crippen molar-refractivity contribution in [2.24, 2.45) is 0 Å². The molecule has 0 nitrogen and oxygen atoms in total. The van der Waals surface area contributed by atoms with Crippen LogP contribution in [0.5, 0.6) is 0 Å². The van der Waals surface area contributed by atoms with Crippen LogP contribution < -0.4 is 0 Å². The van der Waals surface area contributed by atoms with Crippen LogP contribution in [0.2, 0.25) is 0 Å². The van der Waals surface area contributed by atoms with Crippen molar-refractivity contribution in [1.82, 2.24) is 0 Å². The molecule has 0 aromatic heterocycles. The molecular weight excluding hydrogens is 352 g/mol. The van der Waals surface area contributed by atoms with Crippen LogP contribution in [0.4, 0.5) is 0 Å².